The summed E-state index contributed by atoms with van der Waals surface area (Å²) in [5.74, 6) is 0.320. The average molecular weight is 469 g/mol. The number of carbonyl (C=O) groups is 1. The van der Waals surface area contributed by atoms with Crippen molar-refractivity contribution in [3.8, 4) is 6.07 Å². The molecule has 6 nitrogen and oxygen atoms in total. The van der Waals surface area contributed by atoms with Crippen molar-refractivity contribution < 1.29 is 18.3 Å². The number of nitrogens with zero attached hydrogens (tertiary/aromatic N) is 2. The van der Waals surface area contributed by atoms with Gasteiger partial charge >= 0.3 is 6.03 Å². The lowest BCUT2D eigenvalue weighted by molar-refractivity contribution is -0.0590. The van der Waals surface area contributed by atoms with Crippen molar-refractivity contribution in [1.82, 2.24) is 10.2 Å². The second kappa shape index (κ2) is 11.4. The number of rotatable bonds is 6. The number of nitrogens with one attached hydrogen (secondary N) is 2. The van der Waals surface area contributed by atoms with E-state index in [0.717, 1.165) is 37.9 Å². The third-order valence-electron chi connectivity index (χ3n) is 6.67. The van der Waals surface area contributed by atoms with E-state index in [2.05, 4.69) is 15.5 Å². The molecule has 2 aliphatic rings. The first-order valence-electron chi connectivity index (χ1n) is 11.8. The van der Waals surface area contributed by atoms with Crippen molar-refractivity contribution >= 4 is 11.7 Å². The number of ether oxygens (including phenoxy) is 1. The highest BCUT2D eigenvalue weighted by Crippen LogP contribution is 2.25. The molecule has 2 aromatic rings. The molecule has 0 bridgehead atoms. The fourth-order valence-corrected chi connectivity index (χ4v) is 4.73. The molecule has 3 unspecified atom stereocenters. The second-order valence-corrected chi connectivity index (χ2v) is 9.10. The first-order valence-corrected chi connectivity index (χ1v) is 11.8. The van der Waals surface area contributed by atoms with Gasteiger partial charge in [-0.25, -0.2) is 13.6 Å². The zero-order valence-electron chi connectivity index (χ0n) is 19.1. The number of hydrogen-bond acceptors (Lipinski definition) is 4. The summed E-state index contributed by atoms with van der Waals surface area (Å²) >= 11 is 0. The van der Waals surface area contributed by atoms with E-state index in [-0.39, 0.29) is 12.2 Å². The predicted octanol–water partition coefficient (Wildman–Crippen LogP) is 4.27. The quantitative estimate of drug-likeness (QED) is 0.664. The zero-order valence-corrected chi connectivity index (χ0v) is 19.1. The van der Waals surface area contributed by atoms with Crippen molar-refractivity contribution in [2.45, 2.75) is 44.0 Å². The molecule has 8 heteroatoms. The molecular weight excluding hydrogens is 438 g/mol. The largest absolute Gasteiger partial charge is 0.375 e. The van der Waals surface area contributed by atoms with E-state index < -0.39 is 24.3 Å². The Morgan fingerprint density at radius 3 is 2.47 bits per heavy atom. The predicted molar refractivity (Wildman–Crippen MR) is 126 cm³/mol. The first kappa shape index (κ1) is 24.1. The molecule has 2 saturated heterocycles. The van der Waals surface area contributed by atoms with Crippen LogP contribution in [0.5, 0.6) is 0 Å². The van der Waals surface area contributed by atoms with E-state index in [9.17, 15) is 13.6 Å². The van der Waals surface area contributed by atoms with Crippen molar-refractivity contribution in [2.24, 2.45) is 5.92 Å². The van der Waals surface area contributed by atoms with E-state index >= 15 is 0 Å². The van der Waals surface area contributed by atoms with Crippen molar-refractivity contribution in [1.29, 1.82) is 5.26 Å². The molecule has 0 saturated carbocycles. The molecule has 2 aliphatic heterocycles. The molecule has 0 spiro atoms. The van der Waals surface area contributed by atoms with Crippen LogP contribution in [0.15, 0.2) is 48.5 Å². The standard InChI is InChI=1S/C26H30F2N4O2/c27-21-5-1-18(2-6-21)15-19-9-12-32(13-10-19)17-24-25(23(28)11-14-34-24)31-26(33)30-22-7-3-20(16-29)4-8-22/h1-8,19,23-25H,9-15,17H2,(H2,30,31,33). The maximum Gasteiger partial charge on any atom is 0.319 e. The van der Waals surface area contributed by atoms with Crippen LogP contribution < -0.4 is 10.6 Å². The van der Waals surface area contributed by atoms with E-state index in [1.807, 2.05) is 18.2 Å². The van der Waals surface area contributed by atoms with Crippen molar-refractivity contribution in [3.63, 3.8) is 0 Å². The van der Waals surface area contributed by atoms with Crippen LogP contribution in [0.1, 0.15) is 30.4 Å². The molecule has 4 rings (SSSR count). The Morgan fingerprint density at radius 1 is 1.09 bits per heavy atom. The van der Waals surface area contributed by atoms with Crippen LogP contribution in [0.3, 0.4) is 0 Å². The lowest BCUT2D eigenvalue weighted by atomic mass is 9.89. The molecule has 180 valence electrons. The summed E-state index contributed by atoms with van der Waals surface area (Å²) in [6.45, 7) is 2.66. The highest BCUT2D eigenvalue weighted by atomic mass is 19.1. The number of likely N-dealkylation sites (tertiary alicyclic amines) is 1. The van der Waals surface area contributed by atoms with Crippen LogP contribution in [0, 0.1) is 23.1 Å². The number of alkyl halides is 1. The van der Waals surface area contributed by atoms with Crippen LogP contribution in [0.2, 0.25) is 0 Å². The smallest absolute Gasteiger partial charge is 0.319 e. The molecule has 0 aliphatic carbocycles. The van der Waals surface area contributed by atoms with Crippen LogP contribution in [0.25, 0.3) is 0 Å². The minimum atomic E-state index is -1.18. The van der Waals surface area contributed by atoms with Crippen LogP contribution in [0.4, 0.5) is 19.3 Å². The van der Waals surface area contributed by atoms with Crippen LogP contribution in [-0.4, -0.2) is 55.5 Å². The topological polar surface area (TPSA) is 77.4 Å². The van der Waals surface area contributed by atoms with Gasteiger partial charge < -0.3 is 20.3 Å². The Kier molecular flexibility index (Phi) is 8.09. The number of nitriles is 1. The van der Waals surface area contributed by atoms with Gasteiger partial charge in [0.05, 0.1) is 23.8 Å². The highest BCUT2D eigenvalue weighted by Gasteiger charge is 2.37. The average Bonchev–Trinajstić information content (AvgIpc) is 2.84. The Bertz CT molecular complexity index is 985. The number of urea groups is 1. The summed E-state index contributed by atoms with van der Waals surface area (Å²) in [4.78, 5) is 14.8. The molecule has 2 heterocycles. The molecule has 0 aromatic heterocycles. The van der Waals surface area contributed by atoms with Crippen molar-refractivity contribution in [3.05, 3.63) is 65.5 Å². The van der Waals surface area contributed by atoms with Gasteiger partial charge in [-0.3, -0.25) is 0 Å². The van der Waals surface area contributed by atoms with Gasteiger partial charge in [-0.05, 0) is 80.2 Å². The zero-order chi connectivity index (χ0) is 23.9. The van der Waals surface area contributed by atoms with Gasteiger partial charge in [0.1, 0.15) is 12.0 Å². The third-order valence-corrected chi connectivity index (χ3v) is 6.67. The molecule has 2 N–H and O–H groups in total. The number of anilines is 1. The van der Waals surface area contributed by atoms with Crippen LogP contribution >= 0.6 is 0 Å². The molecule has 0 radical (unpaired) electrons. The van der Waals surface area contributed by atoms with Gasteiger partial charge in [-0.1, -0.05) is 12.1 Å². The molecule has 2 fully saturated rings. The van der Waals surface area contributed by atoms with Gasteiger partial charge in [0.2, 0.25) is 0 Å². The van der Waals surface area contributed by atoms with E-state index in [1.165, 1.54) is 12.1 Å². The summed E-state index contributed by atoms with van der Waals surface area (Å²) in [6.07, 6.45) is 1.60. The fourth-order valence-electron chi connectivity index (χ4n) is 4.73. The fraction of sp³-hybridized carbons (Fsp3) is 0.462. The number of amides is 2. The molecule has 34 heavy (non-hydrogen) atoms. The number of carbonyl (C=O) groups excluding carboxylic acids is 1. The summed E-state index contributed by atoms with van der Waals surface area (Å²) in [5, 5.41) is 14.3. The van der Waals surface area contributed by atoms with Gasteiger partial charge in [0.15, 0.2) is 0 Å². The number of benzene rings is 2. The molecule has 2 amide bonds. The summed E-state index contributed by atoms with van der Waals surface area (Å²) in [5.41, 5.74) is 2.17. The SMILES string of the molecule is N#Cc1ccc(NC(=O)NC2C(F)CCOC2CN2CCC(Cc3ccc(F)cc3)CC2)cc1. The Balaban J connectivity index is 1.27. The number of hydrogen-bond donors (Lipinski definition) is 2. The molecule has 2 aromatic carbocycles. The normalized spacial score (nSPS) is 23.7. The molecule has 3 atom stereocenters. The second-order valence-electron chi connectivity index (χ2n) is 9.10. The molecular formula is C26H30F2N4O2. The minimum Gasteiger partial charge on any atom is -0.375 e. The van der Waals surface area contributed by atoms with Gasteiger partial charge in [-0.2, -0.15) is 5.26 Å². The number of halogens is 2. The lowest BCUT2D eigenvalue weighted by Gasteiger charge is -2.39. The number of piperidine rings is 1. The Morgan fingerprint density at radius 2 is 1.79 bits per heavy atom. The van der Waals surface area contributed by atoms with Gasteiger partial charge in [-0.15, -0.1) is 0 Å². The lowest BCUT2D eigenvalue weighted by Crippen LogP contribution is -2.58. The van der Waals surface area contributed by atoms with Crippen molar-refractivity contribution in [2.75, 3.05) is 31.6 Å². The van der Waals surface area contributed by atoms with Crippen LogP contribution in [-0.2, 0) is 11.2 Å². The van der Waals surface area contributed by atoms with E-state index in [4.69, 9.17) is 10.00 Å². The minimum absolute atomic E-state index is 0.217. The maximum atomic E-state index is 14.8. The summed E-state index contributed by atoms with van der Waals surface area (Å²) in [6, 6.07) is 14.0. The Hall–Kier alpha value is -3.02. The monoisotopic (exact) mass is 468 g/mol. The van der Waals surface area contributed by atoms with E-state index in [0.29, 0.717) is 30.3 Å². The van der Waals surface area contributed by atoms with Gasteiger partial charge in [0.25, 0.3) is 0 Å². The third kappa shape index (κ3) is 6.52. The summed E-state index contributed by atoms with van der Waals surface area (Å²) < 4.78 is 33.8. The van der Waals surface area contributed by atoms with E-state index in [1.54, 1.807) is 24.3 Å². The summed E-state index contributed by atoms with van der Waals surface area (Å²) in [7, 11) is 0. The highest BCUT2D eigenvalue weighted by molar-refractivity contribution is 5.89. The Labute approximate surface area is 198 Å². The first-order chi connectivity index (χ1) is 16.5. The maximum absolute atomic E-state index is 14.8. The van der Waals surface area contributed by atoms with Gasteiger partial charge in [0, 0.05) is 25.3 Å².